The lowest BCUT2D eigenvalue weighted by Crippen LogP contribution is -2.37. The van der Waals surface area contributed by atoms with Gasteiger partial charge in [0.05, 0.1) is 0 Å². The van der Waals surface area contributed by atoms with Crippen LogP contribution in [0.3, 0.4) is 0 Å². The van der Waals surface area contributed by atoms with E-state index in [0.717, 1.165) is 48.3 Å². The maximum Gasteiger partial charge on any atom is 0.127 e. The first kappa shape index (κ1) is 50.0. The summed E-state index contributed by atoms with van der Waals surface area (Å²) >= 11 is 0. The molecule has 322 valence electrons. The molecule has 0 saturated carbocycles. The van der Waals surface area contributed by atoms with E-state index < -0.39 is 0 Å². The summed E-state index contributed by atoms with van der Waals surface area (Å²) in [5.74, 6) is 4.69. The highest BCUT2D eigenvalue weighted by molar-refractivity contribution is 5.60. The normalized spacial score (nSPS) is 16.9. The van der Waals surface area contributed by atoms with Crippen molar-refractivity contribution in [3.8, 4) is 11.5 Å². The van der Waals surface area contributed by atoms with Gasteiger partial charge in [0.25, 0.3) is 0 Å². The molecule has 0 unspecified atom stereocenters. The van der Waals surface area contributed by atoms with E-state index in [0.29, 0.717) is 11.7 Å². The topological polar surface area (TPSA) is 29.5 Å². The predicted octanol–water partition coefficient (Wildman–Crippen LogP) is 18.2. The number of ether oxygens (including phenoxy) is 1. The van der Waals surface area contributed by atoms with Crippen LogP contribution in [0.4, 0.5) is 0 Å². The minimum atomic E-state index is -0.105. The summed E-state index contributed by atoms with van der Waals surface area (Å²) in [5, 5.41) is 11.9. The van der Waals surface area contributed by atoms with Crippen molar-refractivity contribution in [1.82, 2.24) is 0 Å². The average molecular weight is 767 g/mol. The van der Waals surface area contributed by atoms with E-state index in [1.165, 1.54) is 209 Å². The SMILES string of the molecule is CCCCCCCCCCCCC(CCCCCCCCCCCC)c1c(O)c(C)c(C)c2c1CC[C@@](C)(CCC[C@H](C)CCC[C@H](C)CCCC(C)C)O2. The molecule has 0 bridgehead atoms. The molecule has 0 amide bonds. The molecule has 55 heavy (non-hydrogen) atoms. The quantitative estimate of drug-likeness (QED) is 0.0697. The number of aromatic hydroxyl groups is 1. The van der Waals surface area contributed by atoms with Gasteiger partial charge < -0.3 is 9.84 Å². The van der Waals surface area contributed by atoms with Crippen LogP contribution in [-0.4, -0.2) is 10.7 Å². The Bertz CT molecular complexity index is 1060. The molecule has 0 radical (unpaired) electrons. The van der Waals surface area contributed by atoms with Crippen molar-refractivity contribution in [2.24, 2.45) is 17.8 Å². The van der Waals surface area contributed by atoms with Gasteiger partial charge in [-0.3, -0.25) is 0 Å². The van der Waals surface area contributed by atoms with Crippen LogP contribution >= 0.6 is 0 Å². The Kier molecular flexibility index (Phi) is 27.2. The molecule has 1 aliphatic rings. The smallest absolute Gasteiger partial charge is 0.127 e. The Labute approximate surface area is 345 Å². The third-order valence-corrected chi connectivity index (χ3v) is 13.9. The highest BCUT2D eigenvalue weighted by Crippen LogP contribution is 2.49. The Morgan fingerprint density at radius 3 is 1.40 bits per heavy atom. The summed E-state index contributed by atoms with van der Waals surface area (Å²) in [5.41, 5.74) is 4.76. The molecule has 2 heteroatoms. The van der Waals surface area contributed by atoms with Crippen LogP contribution in [0.15, 0.2) is 0 Å². The zero-order valence-corrected chi connectivity index (χ0v) is 39.0. The fourth-order valence-electron chi connectivity index (χ4n) is 9.72. The van der Waals surface area contributed by atoms with E-state index in [1.807, 2.05) is 0 Å². The van der Waals surface area contributed by atoms with Crippen molar-refractivity contribution in [1.29, 1.82) is 0 Å². The first-order chi connectivity index (χ1) is 26.5. The van der Waals surface area contributed by atoms with E-state index in [2.05, 4.69) is 62.3 Å². The molecular weight excluding hydrogens is 669 g/mol. The van der Waals surface area contributed by atoms with Gasteiger partial charge in [-0.05, 0) is 94.1 Å². The zero-order chi connectivity index (χ0) is 40.3. The minimum absolute atomic E-state index is 0.105. The Balaban J connectivity index is 2.00. The average Bonchev–Trinajstić information content (AvgIpc) is 3.15. The largest absolute Gasteiger partial charge is 0.507 e. The maximum atomic E-state index is 11.9. The van der Waals surface area contributed by atoms with Crippen molar-refractivity contribution in [3.63, 3.8) is 0 Å². The van der Waals surface area contributed by atoms with Crippen LogP contribution in [0.1, 0.15) is 282 Å². The molecule has 0 spiro atoms. The van der Waals surface area contributed by atoms with Crippen LogP contribution in [0.25, 0.3) is 0 Å². The molecule has 1 heterocycles. The van der Waals surface area contributed by atoms with Gasteiger partial charge in [0.15, 0.2) is 0 Å². The van der Waals surface area contributed by atoms with Crippen molar-refractivity contribution < 1.29 is 9.84 Å². The molecule has 1 aromatic rings. The third kappa shape index (κ3) is 20.9. The monoisotopic (exact) mass is 767 g/mol. The lowest BCUT2D eigenvalue weighted by Gasteiger charge is -2.39. The summed E-state index contributed by atoms with van der Waals surface area (Å²) < 4.78 is 7.12. The Morgan fingerprint density at radius 2 is 0.945 bits per heavy atom. The maximum absolute atomic E-state index is 11.9. The number of phenols is 1. The Morgan fingerprint density at radius 1 is 0.527 bits per heavy atom. The van der Waals surface area contributed by atoms with E-state index in [9.17, 15) is 5.11 Å². The summed E-state index contributed by atoms with van der Waals surface area (Å²) in [6.07, 6.45) is 44.1. The van der Waals surface area contributed by atoms with Gasteiger partial charge in [0.1, 0.15) is 17.1 Å². The molecule has 2 rings (SSSR count). The van der Waals surface area contributed by atoms with Crippen LogP contribution in [0.5, 0.6) is 11.5 Å². The van der Waals surface area contributed by atoms with E-state index >= 15 is 0 Å². The molecule has 3 atom stereocenters. The second kappa shape index (κ2) is 29.9. The summed E-state index contributed by atoms with van der Waals surface area (Å²) in [6, 6.07) is 0. The molecule has 0 aliphatic carbocycles. The van der Waals surface area contributed by atoms with Crippen LogP contribution in [0, 0.1) is 31.6 Å². The number of hydrogen-bond acceptors (Lipinski definition) is 2. The number of phenolic OH excluding ortho intramolecular Hbond substituents is 1. The number of unbranched alkanes of at least 4 members (excludes halogenated alkanes) is 18. The van der Waals surface area contributed by atoms with E-state index in [4.69, 9.17) is 4.74 Å². The summed E-state index contributed by atoms with van der Waals surface area (Å²) in [6.45, 7) is 21.0. The second-order valence-electron chi connectivity index (χ2n) is 19.9. The molecule has 1 N–H and O–H groups in total. The molecule has 0 fully saturated rings. The second-order valence-corrected chi connectivity index (χ2v) is 19.9. The molecule has 0 saturated heterocycles. The lowest BCUT2D eigenvalue weighted by atomic mass is 9.78. The predicted molar refractivity (Wildman–Crippen MR) is 245 cm³/mol. The van der Waals surface area contributed by atoms with Crippen molar-refractivity contribution in [2.45, 2.75) is 286 Å². The number of rotatable bonds is 35. The van der Waals surface area contributed by atoms with Gasteiger partial charge in [0.2, 0.25) is 0 Å². The van der Waals surface area contributed by atoms with Crippen molar-refractivity contribution >= 4 is 0 Å². The molecule has 2 nitrogen and oxygen atoms in total. The molecule has 1 aliphatic heterocycles. The van der Waals surface area contributed by atoms with Gasteiger partial charge in [-0.25, -0.2) is 0 Å². The fourth-order valence-corrected chi connectivity index (χ4v) is 9.72. The highest BCUT2D eigenvalue weighted by Gasteiger charge is 2.36. The summed E-state index contributed by atoms with van der Waals surface area (Å²) in [4.78, 5) is 0. The molecule has 0 aromatic heterocycles. The van der Waals surface area contributed by atoms with Crippen LogP contribution in [0.2, 0.25) is 0 Å². The first-order valence-electron chi connectivity index (χ1n) is 25.1. The van der Waals surface area contributed by atoms with Crippen molar-refractivity contribution in [3.05, 3.63) is 22.3 Å². The van der Waals surface area contributed by atoms with Gasteiger partial charge in [-0.2, -0.15) is 0 Å². The van der Waals surface area contributed by atoms with Crippen molar-refractivity contribution in [2.75, 3.05) is 0 Å². The van der Waals surface area contributed by atoms with Gasteiger partial charge in [0, 0.05) is 11.1 Å². The fraction of sp³-hybridized carbons (Fsp3) is 0.887. The molecular formula is C53H98O2. The van der Waals surface area contributed by atoms with Gasteiger partial charge in [-0.1, -0.05) is 215 Å². The number of hydrogen-bond donors (Lipinski definition) is 1. The summed E-state index contributed by atoms with van der Waals surface area (Å²) in [7, 11) is 0. The van der Waals surface area contributed by atoms with Gasteiger partial charge >= 0.3 is 0 Å². The first-order valence-corrected chi connectivity index (χ1v) is 25.1. The van der Waals surface area contributed by atoms with E-state index in [-0.39, 0.29) is 5.60 Å². The van der Waals surface area contributed by atoms with Crippen LogP contribution < -0.4 is 4.74 Å². The third-order valence-electron chi connectivity index (χ3n) is 13.9. The highest BCUT2D eigenvalue weighted by atomic mass is 16.5. The van der Waals surface area contributed by atoms with E-state index in [1.54, 1.807) is 0 Å². The standard InChI is InChI=1S/C53H98O2/c1-10-12-14-16-18-20-22-24-26-28-38-48(39-29-27-25-23-21-19-17-15-13-11-2)50-49-40-42-53(9,55-52(49)47(8)46(7)51(50)54)41-32-37-45(6)36-31-35-44(5)34-30-33-43(3)4/h43-45,48,54H,10-42H2,1-9H3/t44-,45-,53-/m1/s1. The Hall–Kier alpha value is -1.18. The minimum Gasteiger partial charge on any atom is -0.507 e. The number of fused-ring (bicyclic) bond motifs is 1. The molecule has 1 aromatic carbocycles. The lowest BCUT2D eigenvalue weighted by molar-refractivity contribution is 0.0509. The van der Waals surface area contributed by atoms with Crippen LogP contribution in [-0.2, 0) is 6.42 Å². The zero-order valence-electron chi connectivity index (χ0n) is 39.0. The van der Waals surface area contributed by atoms with Gasteiger partial charge in [-0.15, -0.1) is 0 Å². The number of benzene rings is 1.